The fourth-order valence-corrected chi connectivity index (χ4v) is 3.06. The average molecular weight is 423 g/mol. The van der Waals surface area contributed by atoms with E-state index in [1.54, 1.807) is 0 Å². The summed E-state index contributed by atoms with van der Waals surface area (Å²) in [5, 5.41) is 9.00. The number of ether oxygens (including phenoxy) is 1. The highest BCUT2D eigenvalue weighted by molar-refractivity contribution is 5.71. The van der Waals surface area contributed by atoms with Crippen molar-refractivity contribution in [2.45, 2.75) is 83.7 Å². The molecule has 5 heteroatoms. The summed E-state index contributed by atoms with van der Waals surface area (Å²) in [6.45, 7) is 2.70. The fraction of sp³-hybridized carbons (Fsp3) is 0.680. The van der Waals surface area contributed by atoms with Crippen molar-refractivity contribution >= 4 is 11.9 Å². The Morgan fingerprint density at radius 1 is 0.867 bits per heavy atom. The van der Waals surface area contributed by atoms with E-state index in [2.05, 4.69) is 43.4 Å². The molecule has 0 fully saturated rings. The summed E-state index contributed by atoms with van der Waals surface area (Å²) in [5.41, 5.74) is 0. The number of aliphatic carboxylic acids is 1. The summed E-state index contributed by atoms with van der Waals surface area (Å²) in [4.78, 5) is 23.0. The standard InChI is InChI=1S/C25H43NO4/c1-5-6-7-8-9-10-11-12-13-14-15-16-17-18-19-20-25(29)30-23(21-24(27)28)22-26(2,3)4/h8-13,23H,5-7,14-22H2,1-4H3/p+1/b9-8+,11-10+,13-12+. The van der Waals surface area contributed by atoms with Crippen LogP contribution in [0.25, 0.3) is 0 Å². The van der Waals surface area contributed by atoms with Gasteiger partial charge in [-0.1, -0.05) is 75.5 Å². The van der Waals surface area contributed by atoms with E-state index in [1.807, 2.05) is 21.1 Å². The minimum absolute atomic E-state index is 0.140. The van der Waals surface area contributed by atoms with Gasteiger partial charge in [0.05, 0.1) is 27.6 Å². The summed E-state index contributed by atoms with van der Waals surface area (Å²) < 4.78 is 5.96. The molecule has 5 nitrogen and oxygen atoms in total. The molecule has 0 bridgehead atoms. The zero-order valence-electron chi connectivity index (χ0n) is 19.6. The highest BCUT2D eigenvalue weighted by atomic mass is 16.5. The minimum Gasteiger partial charge on any atom is -0.481 e. The molecule has 0 saturated heterocycles. The molecule has 0 rings (SSSR count). The largest absolute Gasteiger partial charge is 0.481 e. The molecule has 0 aromatic rings. The summed E-state index contributed by atoms with van der Waals surface area (Å²) in [6, 6.07) is 0. The Bertz CT molecular complexity index is 544. The Hall–Kier alpha value is -1.88. The van der Waals surface area contributed by atoms with Crippen LogP contribution in [0.4, 0.5) is 0 Å². The van der Waals surface area contributed by atoms with Crippen LogP contribution in [0.1, 0.15) is 77.6 Å². The predicted molar refractivity (Wildman–Crippen MR) is 124 cm³/mol. The number of esters is 1. The number of nitrogens with zero attached hydrogens (tertiary/aromatic N) is 1. The normalized spacial score (nSPS) is 13.5. The van der Waals surface area contributed by atoms with E-state index in [4.69, 9.17) is 9.84 Å². The Labute approximate surface area is 184 Å². The second kappa shape index (κ2) is 17.9. The molecule has 0 heterocycles. The maximum atomic E-state index is 12.0. The van der Waals surface area contributed by atoms with Gasteiger partial charge in [-0.3, -0.25) is 9.59 Å². The molecule has 0 aliphatic carbocycles. The number of carboxylic acids is 1. The van der Waals surface area contributed by atoms with Crippen LogP contribution >= 0.6 is 0 Å². The van der Waals surface area contributed by atoms with Gasteiger partial charge in [0.25, 0.3) is 0 Å². The molecule has 0 aliphatic rings. The number of carboxylic acid groups (broad SMARTS) is 1. The first-order chi connectivity index (χ1) is 14.2. The van der Waals surface area contributed by atoms with Crippen LogP contribution in [-0.2, 0) is 14.3 Å². The topological polar surface area (TPSA) is 63.6 Å². The summed E-state index contributed by atoms with van der Waals surface area (Å²) in [6.07, 6.45) is 22.4. The van der Waals surface area contributed by atoms with Gasteiger partial charge in [-0.2, -0.15) is 0 Å². The Morgan fingerprint density at radius 2 is 1.43 bits per heavy atom. The second-order valence-electron chi connectivity index (χ2n) is 8.87. The van der Waals surface area contributed by atoms with E-state index < -0.39 is 12.1 Å². The first-order valence-corrected chi connectivity index (χ1v) is 11.4. The molecule has 0 radical (unpaired) electrons. The maximum Gasteiger partial charge on any atom is 0.307 e. The third-order valence-electron chi connectivity index (χ3n) is 4.53. The molecular weight excluding hydrogens is 378 g/mol. The highest BCUT2D eigenvalue weighted by Gasteiger charge is 2.24. The smallest absolute Gasteiger partial charge is 0.307 e. The average Bonchev–Trinajstić information content (AvgIpc) is 2.63. The van der Waals surface area contributed by atoms with Crippen molar-refractivity contribution in [3.63, 3.8) is 0 Å². The molecule has 0 aromatic heterocycles. The number of likely N-dealkylation sites (N-methyl/N-ethyl adjacent to an activating group) is 1. The van der Waals surface area contributed by atoms with Crippen molar-refractivity contribution < 1.29 is 23.9 Å². The van der Waals surface area contributed by atoms with E-state index in [9.17, 15) is 9.59 Å². The van der Waals surface area contributed by atoms with Crippen LogP contribution in [0.2, 0.25) is 0 Å². The van der Waals surface area contributed by atoms with E-state index in [-0.39, 0.29) is 12.4 Å². The zero-order chi connectivity index (χ0) is 22.7. The van der Waals surface area contributed by atoms with Crippen LogP contribution in [0.3, 0.4) is 0 Å². The number of hydrogen-bond donors (Lipinski definition) is 1. The molecule has 0 spiro atoms. The number of carbonyl (C=O) groups is 2. The lowest BCUT2D eigenvalue weighted by Crippen LogP contribution is -2.43. The molecule has 0 aromatic carbocycles. The quantitative estimate of drug-likeness (QED) is 0.134. The van der Waals surface area contributed by atoms with Crippen molar-refractivity contribution in [2.75, 3.05) is 27.7 Å². The van der Waals surface area contributed by atoms with Crippen molar-refractivity contribution in [3.05, 3.63) is 36.5 Å². The lowest BCUT2D eigenvalue weighted by Gasteiger charge is -2.28. The molecular formula is C25H44NO4+. The summed E-state index contributed by atoms with van der Waals surface area (Å²) in [5.74, 6) is -1.22. The van der Waals surface area contributed by atoms with Gasteiger partial charge in [-0.25, -0.2) is 0 Å². The minimum atomic E-state index is -0.936. The molecule has 1 unspecified atom stereocenters. The van der Waals surface area contributed by atoms with Gasteiger partial charge < -0.3 is 14.3 Å². The van der Waals surface area contributed by atoms with Crippen LogP contribution in [0.15, 0.2) is 36.5 Å². The molecule has 0 aliphatic heterocycles. The van der Waals surface area contributed by atoms with Crippen molar-refractivity contribution in [1.29, 1.82) is 0 Å². The Morgan fingerprint density at radius 3 is 2.00 bits per heavy atom. The lowest BCUT2D eigenvalue weighted by atomic mass is 10.1. The van der Waals surface area contributed by atoms with Gasteiger partial charge in [0.1, 0.15) is 6.54 Å². The molecule has 30 heavy (non-hydrogen) atoms. The van der Waals surface area contributed by atoms with Gasteiger partial charge in [0.15, 0.2) is 6.10 Å². The number of hydrogen-bond acceptors (Lipinski definition) is 3. The number of unbranched alkanes of at least 4 members (excludes halogenated alkanes) is 7. The van der Waals surface area contributed by atoms with Crippen LogP contribution in [-0.4, -0.2) is 55.3 Å². The number of rotatable bonds is 18. The van der Waals surface area contributed by atoms with Crippen LogP contribution in [0.5, 0.6) is 0 Å². The SMILES string of the molecule is CCCC/C=C/C=C/C=C/CCCCCCCC(=O)OC(CC(=O)O)C[N+](C)(C)C. The first kappa shape index (κ1) is 28.1. The van der Waals surface area contributed by atoms with Crippen molar-refractivity contribution in [3.8, 4) is 0 Å². The summed E-state index contributed by atoms with van der Waals surface area (Å²) >= 11 is 0. The van der Waals surface area contributed by atoms with E-state index >= 15 is 0 Å². The molecule has 172 valence electrons. The monoisotopic (exact) mass is 422 g/mol. The number of quaternary nitrogens is 1. The summed E-state index contributed by atoms with van der Waals surface area (Å²) in [7, 11) is 5.87. The van der Waals surface area contributed by atoms with E-state index in [0.29, 0.717) is 17.4 Å². The van der Waals surface area contributed by atoms with E-state index in [1.165, 1.54) is 12.8 Å². The molecule has 0 amide bonds. The first-order valence-electron chi connectivity index (χ1n) is 11.4. The molecule has 1 N–H and O–H groups in total. The molecule has 0 saturated carbocycles. The second-order valence-corrected chi connectivity index (χ2v) is 8.87. The number of allylic oxidation sites excluding steroid dienone is 6. The molecule has 1 atom stereocenters. The Balaban J connectivity index is 3.78. The zero-order valence-corrected chi connectivity index (χ0v) is 19.6. The van der Waals surface area contributed by atoms with Gasteiger partial charge in [0, 0.05) is 6.42 Å². The third-order valence-corrected chi connectivity index (χ3v) is 4.53. The van der Waals surface area contributed by atoms with Gasteiger partial charge in [0.2, 0.25) is 0 Å². The highest BCUT2D eigenvalue weighted by Crippen LogP contribution is 2.11. The number of carbonyl (C=O) groups excluding carboxylic acids is 1. The lowest BCUT2D eigenvalue weighted by molar-refractivity contribution is -0.873. The van der Waals surface area contributed by atoms with Gasteiger partial charge in [-0.15, -0.1) is 0 Å². The van der Waals surface area contributed by atoms with Gasteiger partial charge in [-0.05, 0) is 25.7 Å². The van der Waals surface area contributed by atoms with Crippen molar-refractivity contribution in [2.24, 2.45) is 0 Å². The van der Waals surface area contributed by atoms with Crippen molar-refractivity contribution in [1.82, 2.24) is 0 Å². The van der Waals surface area contributed by atoms with E-state index in [0.717, 1.165) is 44.9 Å². The van der Waals surface area contributed by atoms with Crippen LogP contribution < -0.4 is 0 Å². The fourth-order valence-electron chi connectivity index (χ4n) is 3.06. The third kappa shape index (κ3) is 20.8. The maximum absolute atomic E-state index is 12.0. The Kier molecular flexibility index (Phi) is 16.8. The van der Waals surface area contributed by atoms with Crippen LogP contribution in [0, 0.1) is 0 Å². The predicted octanol–water partition coefficient (Wildman–Crippen LogP) is 5.67. The van der Waals surface area contributed by atoms with Gasteiger partial charge >= 0.3 is 11.9 Å².